The summed E-state index contributed by atoms with van der Waals surface area (Å²) in [7, 11) is 0. The van der Waals surface area contributed by atoms with Gasteiger partial charge in [0, 0.05) is 12.6 Å². The highest BCUT2D eigenvalue weighted by molar-refractivity contribution is 5.84. The SMILES string of the molecule is CCNC(C)(CCN1CCCC1C)C(N)=O. The molecule has 1 aliphatic heterocycles. The molecule has 1 saturated heterocycles. The third-order valence-electron chi connectivity index (χ3n) is 3.70. The summed E-state index contributed by atoms with van der Waals surface area (Å²) in [6.07, 6.45) is 3.34. The molecule has 0 bridgehead atoms. The van der Waals surface area contributed by atoms with Gasteiger partial charge in [-0.2, -0.15) is 0 Å². The fourth-order valence-electron chi connectivity index (χ4n) is 2.38. The van der Waals surface area contributed by atoms with Crippen LogP contribution in [0.3, 0.4) is 0 Å². The van der Waals surface area contributed by atoms with Crippen LogP contribution in [0.25, 0.3) is 0 Å². The highest BCUT2D eigenvalue weighted by Gasteiger charge is 2.31. The highest BCUT2D eigenvalue weighted by Crippen LogP contribution is 2.19. The maximum absolute atomic E-state index is 11.4. The van der Waals surface area contributed by atoms with Crippen LogP contribution in [0.4, 0.5) is 0 Å². The number of likely N-dealkylation sites (N-methyl/N-ethyl adjacent to an activating group) is 1. The molecule has 2 atom stereocenters. The molecule has 16 heavy (non-hydrogen) atoms. The first-order valence-corrected chi connectivity index (χ1v) is 6.28. The number of carbonyl (C=O) groups is 1. The predicted molar refractivity (Wildman–Crippen MR) is 66.2 cm³/mol. The van der Waals surface area contributed by atoms with E-state index in [2.05, 4.69) is 17.1 Å². The highest BCUT2D eigenvalue weighted by atomic mass is 16.1. The van der Waals surface area contributed by atoms with E-state index in [0.29, 0.717) is 6.04 Å². The van der Waals surface area contributed by atoms with Crippen LogP contribution in [0, 0.1) is 0 Å². The van der Waals surface area contributed by atoms with Crippen molar-refractivity contribution in [3.63, 3.8) is 0 Å². The Morgan fingerprint density at radius 3 is 2.75 bits per heavy atom. The number of primary amides is 1. The van der Waals surface area contributed by atoms with Crippen LogP contribution in [0.1, 0.15) is 40.0 Å². The Morgan fingerprint density at radius 2 is 2.31 bits per heavy atom. The molecule has 94 valence electrons. The second-order valence-electron chi connectivity index (χ2n) is 5.00. The summed E-state index contributed by atoms with van der Waals surface area (Å²) in [5.41, 5.74) is 4.90. The third kappa shape index (κ3) is 3.19. The molecule has 1 aliphatic rings. The molecular formula is C12H25N3O. The minimum Gasteiger partial charge on any atom is -0.368 e. The summed E-state index contributed by atoms with van der Waals surface area (Å²) in [4.78, 5) is 13.9. The molecule has 0 saturated carbocycles. The van der Waals surface area contributed by atoms with E-state index < -0.39 is 5.54 Å². The van der Waals surface area contributed by atoms with E-state index in [-0.39, 0.29) is 5.91 Å². The molecule has 1 heterocycles. The maximum Gasteiger partial charge on any atom is 0.237 e. The van der Waals surface area contributed by atoms with E-state index in [9.17, 15) is 4.79 Å². The van der Waals surface area contributed by atoms with Gasteiger partial charge in [-0.05, 0) is 46.2 Å². The standard InChI is InChI=1S/C12H25N3O/c1-4-14-12(3,11(13)16)7-9-15-8-5-6-10(15)2/h10,14H,4-9H2,1-3H3,(H2,13,16). The lowest BCUT2D eigenvalue weighted by atomic mass is 9.96. The minimum absolute atomic E-state index is 0.249. The number of nitrogens with one attached hydrogen (secondary N) is 1. The van der Waals surface area contributed by atoms with Crippen molar-refractivity contribution in [3.8, 4) is 0 Å². The summed E-state index contributed by atoms with van der Waals surface area (Å²) in [6, 6.07) is 0.652. The van der Waals surface area contributed by atoms with Gasteiger partial charge < -0.3 is 16.0 Å². The molecule has 0 aromatic carbocycles. The summed E-state index contributed by atoms with van der Waals surface area (Å²) in [5, 5.41) is 3.20. The van der Waals surface area contributed by atoms with E-state index in [1.54, 1.807) is 0 Å². The Labute approximate surface area is 98.6 Å². The van der Waals surface area contributed by atoms with Crippen molar-refractivity contribution >= 4 is 5.91 Å². The van der Waals surface area contributed by atoms with Crippen LogP contribution in [-0.2, 0) is 4.79 Å². The average Bonchev–Trinajstić information content (AvgIpc) is 2.61. The first-order valence-electron chi connectivity index (χ1n) is 6.28. The molecule has 0 radical (unpaired) electrons. The number of nitrogens with two attached hydrogens (primary N) is 1. The Hall–Kier alpha value is -0.610. The molecule has 3 N–H and O–H groups in total. The lowest BCUT2D eigenvalue weighted by molar-refractivity contribution is -0.124. The molecule has 0 aromatic heterocycles. The largest absolute Gasteiger partial charge is 0.368 e. The zero-order chi connectivity index (χ0) is 12.2. The second kappa shape index (κ2) is 5.64. The average molecular weight is 227 g/mol. The van der Waals surface area contributed by atoms with Gasteiger partial charge >= 0.3 is 0 Å². The molecule has 1 rings (SSSR count). The summed E-state index contributed by atoms with van der Waals surface area (Å²) in [6.45, 7) is 9.03. The lowest BCUT2D eigenvalue weighted by Crippen LogP contribution is -2.54. The quantitative estimate of drug-likeness (QED) is 0.703. The lowest BCUT2D eigenvalue weighted by Gasteiger charge is -2.30. The number of likely N-dealkylation sites (tertiary alicyclic amines) is 1. The molecule has 1 fully saturated rings. The van der Waals surface area contributed by atoms with Crippen molar-refractivity contribution < 1.29 is 4.79 Å². The van der Waals surface area contributed by atoms with Gasteiger partial charge in [-0.15, -0.1) is 0 Å². The summed E-state index contributed by atoms with van der Waals surface area (Å²) >= 11 is 0. The smallest absolute Gasteiger partial charge is 0.237 e. The predicted octanol–water partition coefficient (Wildman–Crippen LogP) is 0.714. The fraction of sp³-hybridized carbons (Fsp3) is 0.917. The van der Waals surface area contributed by atoms with E-state index >= 15 is 0 Å². The molecule has 2 unspecified atom stereocenters. The number of amides is 1. The normalized spacial score (nSPS) is 25.6. The summed E-state index contributed by atoms with van der Waals surface area (Å²) < 4.78 is 0. The van der Waals surface area contributed by atoms with Crippen molar-refractivity contribution in [1.29, 1.82) is 0 Å². The van der Waals surface area contributed by atoms with E-state index in [1.165, 1.54) is 12.8 Å². The fourth-order valence-corrected chi connectivity index (χ4v) is 2.38. The number of hydrogen-bond acceptors (Lipinski definition) is 3. The van der Waals surface area contributed by atoms with Crippen LogP contribution in [0.5, 0.6) is 0 Å². The van der Waals surface area contributed by atoms with Crippen molar-refractivity contribution in [2.75, 3.05) is 19.6 Å². The van der Waals surface area contributed by atoms with Gasteiger partial charge in [0.1, 0.15) is 0 Å². The number of rotatable bonds is 6. The molecular weight excluding hydrogens is 202 g/mol. The van der Waals surface area contributed by atoms with E-state index in [0.717, 1.165) is 26.1 Å². The van der Waals surface area contributed by atoms with Gasteiger partial charge in [0.25, 0.3) is 0 Å². The van der Waals surface area contributed by atoms with E-state index in [1.807, 2.05) is 13.8 Å². The Morgan fingerprint density at radius 1 is 1.62 bits per heavy atom. The van der Waals surface area contributed by atoms with Gasteiger partial charge in [-0.25, -0.2) is 0 Å². The topological polar surface area (TPSA) is 58.4 Å². The maximum atomic E-state index is 11.4. The van der Waals surface area contributed by atoms with Gasteiger partial charge in [-0.1, -0.05) is 6.92 Å². The van der Waals surface area contributed by atoms with Crippen molar-refractivity contribution in [2.45, 2.75) is 51.6 Å². The Bertz CT molecular complexity index is 244. The van der Waals surface area contributed by atoms with Gasteiger partial charge in [-0.3, -0.25) is 4.79 Å². The van der Waals surface area contributed by atoms with Gasteiger partial charge in [0.05, 0.1) is 5.54 Å². The second-order valence-corrected chi connectivity index (χ2v) is 5.00. The molecule has 0 aromatic rings. The number of carbonyl (C=O) groups excluding carboxylic acids is 1. The van der Waals surface area contributed by atoms with Crippen LogP contribution < -0.4 is 11.1 Å². The van der Waals surface area contributed by atoms with Crippen molar-refractivity contribution in [3.05, 3.63) is 0 Å². The number of hydrogen-bond donors (Lipinski definition) is 2. The monoisotopic (exact) mass is 227 g/mol. The summed E-state index contributed by atoms with van der Waals surface area (Å²) in [5.74, 6) is -0.249. The van der Waals surface area contributed by atoms with Crippen LogP contribution in [0.15, 0.2) is 0 Å². The van der Waals surface area contributed by atoms with Crippen molar-refractivity contribution in [2.24, 2.45) is 5.73 Å². The molecule has 0 aliphatic carbocycles. The molecule has 4 heteroatoms. The molecule has 1 amide bonds. The third-order valence-corrected chi connectivity index (χ3v) is 3.70. The van der Waals surface area contributed by atoms with Crippen LogP contribution >= 0.6 is 0 Å². The Balaban J connectivity index is 2.46. The number of nitrogens with zero attached hydrogens (tertiary/aromatic N) is 1. The molecule has 0 spiro atoms. The zero-order valence-corrected chi connectivity index (χ0v) is 10.8. The minimum atomic E-state index is -0.558. The van der Waals surface area contributed by atoms with Gasteiger partial charge in [0.2, 0.25) is 5.91 Å². The Kier molecular flexibility index (Phi) is 4.74. The first kappa shape index (κ1) is 13.5. The van der Waals surface area contributed by atoms with Crippen LogP contribution in [-0.4, -0.2) is 42.0 Å². The molecule has 4 nitrogen and oxygen atoms in total. The van der Waals surface area contributed by atoms with Gasteiger partial charge in [0.15, 0.2) is 0 Å². The van der Waals surface area contributed by atoms with Crippen molar-refractivity contribution in [1.82, 2.24) is 10.2 Å². The zero-order valence-electron chi connectivity index (χ0n) is 10.8. The van der Waals surface area contributed by atoms with E-state index in [4.69, 9.17) is 5.73 Å². The first-order chi connectivity index (χ1) is 7.49. The van der Waals surface area contributed by atoms with Crippen LogP contribution in [0.2, 0.25) is 0 Å².